The van der Waals surface area contributed by atoms with E-state index >= 15 is 0 Å². The third-order valence-electron chi connectivity index (χ3n) is 6.71. The van der Waals surface area contributed by atoms with Gasteiger partial charge in [-0.1, -0.05) is 79.7 Å². The number of hydrogen-bond acceptors (Lipinski definition) is 4. The van der Waals surface area contributed by atoms with Crippen LogP contribution in [0.1, 0.15) is 112 Å². The van der Waals surface area contributed by atoms with Crippen molar-refractivity contribution in [2.24, 2.45) is 0 Å². The molecule has 2 aromatic rings. The molecular formula is C30H48N2O2. The van der Waals surface area contributed by atoms with E-state index in [1.165, 1.54) is 11.1 Å². The van der Waals surface area contributed by atoms with Crippen LogP contribution in [-0.2, 0) is 13.1 Å². The maximum Gasteiger partial charge on any atom is 0.122 e. The van der Waals surface area contributed by atoms with E-state index < -0.39 is 0 Å². The lowest BCUT2D eigenvalue weighted by atomic mass is 9.91. The fourth-order valence-corrected chi connectivity index (χ4v) is 4.55. The van der Waals surface area contributed by atoms with Gasteiger partial charge >= 0.3 is 0 Å². The molecule has 2 N–H and O–H groups in total. The van der Waals surface area contributed by atoms with Gasteiger partial charge in [-0.15, -0.1) is 0 Å². The van der Waals surface area contributed by atoms with Crippen LogP contribution in [0.15, 0.2) is 24.3 Å². The lowest BCUT2D eigenvalue weighted by molar-refractivity contribution is 0.247. The van der Waals surface area contributed by atoms with E-state index in [-0.39, 0.29) is 0 Å². The Bertz CT molecular complexity index is 811. The van der Waals surface area contributed by atoms with E-state index in [4.69, 9.17) is 0 Å². The molecule has 0 aromatic heterocycles. The number of nitrogens with zero attached hydrogens (tertiary/aromatic N) is 2. The van der Waals surface area contributed by atoms with Gasteiger partial charge in [-0.25, -0.2) is 0 Å². The average molecular weight is 469 g/mol. The summed E-state index contributed by atoms with van der Waals surface area (Å²) < 4.78 is 0. The van der Waals surface area contributed by atoms with Gasteiger partial charge in [-0.05, 0) is 71.1 Å². The van der Waals surface area contributed by atoms with Gasteiger partial charge in [0.25, 0.3) is 0 Å². The van der Waals surface area contributed by atoms with Crippen molar-refractivity contribution in [3.8, 4) is 11.5 Å². The Hall–Kier alpha value is -2.04. The van der Waals surface area contributed by atoms with E-state index in [0.717, 1.165) is 48.4 Å². The predicted octanol–water partition coefficient (Wildman–Crippen LogP) is 7.16. The van der Waals surface area contributed by atoms with Crippen molar-refractivity contribution in [1.82, 2.24) is 9.80 Å². The summed E-state index contributed by atoms with van der Waals surface area (Å²) in [5.41, 5.74) is 6.69. The molecule has 0 spiro atoms. The molecule has 190 valence electrons. The quantitative estimate of drug-likeness (QED) is 0.367. The SMILES string of the molecule is CC(C)c1cc(CN(C)CCN(C)Cc2cc(C(C)C)c(O)c(C(C)C)c2)cc(C(C)C)c1O. The Morgan fingerprint density at radius 3 is 0.971 bits per heavy atom. The first-order chi connectivity index (χ1) is 15.8. The summed E-state index contributed by atoms with van der Waals surface area (Å²) in [6, 6.07) is 8.68. The number of phenolic OH excluding ortho intramolecular Hbond substituents is 2. The zero-order valence-corrected chi connectivity index (χ0v) is 23.2. The van der Waals surface area contributed by atoms with Crippen molar-refractivity contribution in [3.63, 3.8) is 0 Å². The molecule has 4 heteroatoms. The summed E-state index contributed by atoms with van der Waals surface area (Å²) in [7, 11) is 4.33. The molecule has 34 heavy (non-hydrogen) atoms. The van der Waals surface area contributed by atoms with Crippen LogP contribution in [0.3, 0.4) is 0 Å². The molecule has 0 atom stereocenters. The van der Waals surface area contributed by atoms with Gasteiger partial charge in [0.05, 0.1) is 0 Å². The Balaban J connectivity index is 2.07. The highest BCUT2D eigenvalue weighted by Gasteiger charge is 2.17. The first-order valence-corrected chi connectivity index (χ1v) is 12.9. The maximum absolute atomic E-state index is 10.7. The fraction of sp³-hybridized carbons (Fsp3) is 0.600. The molecule has 0 aliphatic heterocycles. The number of aromatic hydroxyl groups is 2. The standard InChI is InChI=1S/C30H48N2O2/c1-19(2)25-13-23(14-26(20(3)4)29(25)33)17-31(9)11-12-32(10)18-24-15-27(21(5)6)30(34)28(16-24)22(7)8/h13-16,19-22,33-34H,11-12,17-18H2,1-10H3. The molecule has 0 aliphatic rings. The molecule has 0 amide bonds. The number of phenols is 2. The topological polar surface area (TPSA) is 46.9 Å². The number of likely N-dealkylation sites (N-methyl/N-ethyl adjacent to an activating group) is 2. The monoisotopic (exact) mass is 468 g/mol. The van der Waals surface area contributed by atoms with E-state index in [2.05, 4.69) is 104 Å². The van der Waals surface area contributed by atoms with E-state index in [9.17, 15) is 10.2 Å². The van der Waals surface area contributed by atoms with E-state index in [1.807, 2.05) is 0 Å². The van der Waals surface area contributed by atoms with Crippen molar-refractivity contribution < 1.29 is 10.2 Å². The zero-order chi connectivity index (χ0) is 25.7. The second-order valence-corrected chi connectivity index (χ2v) is 11.3. The Labute approximate surface area is 208 Å². The first-order valence-electron chi connectivity index (χ1n) is 12.9. The minimum absolute atomic E-state index is 0.297. The van der Waals surface area contributed by atoms with Crippen molar-refractivity contribution in [2.45, 2.75) is 92.2 Å². The van der Waals surface area contributed by atoms with Gasteiger partial charge in [0.1, 0.15) is 11.5 Å². The number of rotatable bonds is 11. The molecule has 0 bridgehead atoms. The van der Waals surface area contributed by atoms with Gasteiger partial charge in [0, 0.05) is 26.2 Å². The van der Waals surface area contributed by atoms with Crippen LogP contribution in [0.25, 0.3) is 0 Å². The second kappa shape index (κ2) is 12.1. The highest BCUT2D eigenvalue weighted by molar-refractivity contribution is 5.47. The fourth-order valence-electron chi connectivity index (χ4n) is 4.55. The van der Waals surface area contributed by atoms with Gasteiger partial charge in [0.15, 0.2) is 0 Å². The smallest absolute Gasteiger partial charge is 0.122 e. The minimum Gasteiger partial charge on any atom is -0.507 e. The van der Waals surface area contributed by atoms with Crippen molar-refractivity contribution >= 4 is 0 Å². The van der Waals surface area contributed by atoms with Gasteiger partial charge in [0.2, 0.25) is 0 Å². The first kappa shape index (κ1) is 28.2. The molecule has 0 aliphatic carbocycles. The van der Waals surface area contributed by atoms with E-state index in [0.29, 0.717) is 35.2 Å². The number of benzene rings is 2. The van der Waals surface area contributed by atoms with Crippen LogP contribution >= 0.6 is 0 Å². The highest BCUT2D eigenvalue weighted by atomic mass is 16.3. The van der Waals surface area contributed by atoms with Crippen LogP contribution < -0.4 is 0 Å². The summed E-state index contributed by atoms with van der Waals surface area (Å²) in [5.74, 6) is 2.12. The van der Waals surface area contributed by atoms with Crippen LogP contribution in [0, 0.1) is 0 Å². The lowest BCUT2D eigenvalue weighted by Gasteiger charge is -2.25. The third kappa shape index (κ3) is 7.23. The van der Waals surface area contributed by atoms with Gasteiger partial charge in [-0.3, -0.25) is 0 Å². The van der Waals surface area contributed by atoms with Crippen LogP contribution in [0.5, 0.6) is 11.5 Å². The van der Waals surface area contributed by atoms with Crippen molar-refractivity contribution in [1.29, 1.82) is 0 Å². The largest absolute Gasteiger partial charge is 0.507 e. The van der Waals surface area contributed by atoms with Gasteiger partial charge in [-0.2, -0.15) is 0 Å². The molecule has 0 heterocycles. The molecular weight excluding hydrogens is 420 g/mol. The second-order valence-electron chi connectivity index (χ2n) is 11.3. The van der Waals surface area contributed by atoms with Crippen LogP contribution in [0.4, 0.5) is 0 Å². The minimum atomic E-state index is 0.297. The lowest BCUT2D eigenvalue weighted by Crippen LogP contribution is -2.30. The van der Waals surface area contributed by atoms with Crippen LogP contribution in [-0.4, -0.2) is 47.2 Å². The normalized spacial score (nSPS) is 12.4. The third-order valence-corrected chi connectivity index (χ3v) is 6.71. The van der Waals surface area contributed by atoms with Crippen molar-refractivity contribution in [2.75, 3.05) is 27.2 Å². The molecule has 2 aromatic carbocycles. The molecule has 0 saturated heterocycles. The molecule has 2 rings (SSSR count). The Kier molecular flexibility index (Phi) is 10.0. The summed E-state index contributed by atoms with van der Waals surface area (Å²) in [6.45, 7) is 20.8. The van der Waals surface area contributed by atoms with E-state index in [1.54, 1.807) is 0 Å². The zero-order valence-electron chi connectivity index (χ0n) is 23.2. The summed E-state index contributed by atoms with van der Waals surface area (Å²) in [4.78, 5) is 4.71. The predicted molar refractivity (Wildman–Crippen MR) is 145 cm³/mol. The molecule has 0 unspecified atom stereocenters. The summed E-state index contributed by atoms with van der Waals surface area (Å²) in [6.07, 6.45) is 0. The average Bonchev–Trinajstić information content (AvgIpc) is 2.73. The Morgan fingerprint density at radius 1 is 0.529 bits per heavy atom. The molecule has 0 fully saturated rings. The van der Waals surface area contributed by atoms with Crippen molar-refractivity contribution in [3.05, 3.63) is 57.6 Å². The van der Waals surface area contributed by atoms with Crippen LogP contribution in [0.2, 0.25) is 0 Å². The van der Waals surface area contributed by atoms with Gasteiger partial charge < -0.3 is 20.0 Å². The molecule has 0 radical (unpaired) electrons. The molecule has 0 saturated carbocycles. The maximum atomic E-state index is 10.7. The molecule has 4 nitrogen and oxygen atoms in total. The Morgan fingerprint density at radius 2 is 0.765 bits per heavy atom. The summed E-state index contributed by atoms with van der Waals surface area (Å²) in [5, 5.41) is 21.4. The number of hydrogen-bond donors (Lipinski definition) is 2. The highest BCUT2D eigenvalue weighted by Crippen LogP contribution is 2.36. The summed E-state index contributed by atoms with van der Waals surface area (Å²) >= 11 is 0.